The van der Waals surface area contributed by atoms with Gasteiger partial charge in [0, 0.05) is 5.56 Å². The highest BCUT2D eigenvalue weighted by Crippen LogP contribution is 2.33. The molecule has 0 amide bonds. The van der Waals surface area contributed by atoms with Crippen molar-refractivity contribution in [1.82, 2.24) is 0 Å². The van der Waals surface area contributed by atoms with E-state index in [0.717, 1.165) is 12.0 Å². The normalized spacial score (nSPS) is 11.2. The van der Waals surface area contributed by atoms with E-state index in [1.54, 1.807) is 42.5 Å². The summed E-state index contributed by atoms with van der Waals surface area (Å²) in [4.78, 5) is 22.9. The Morgan fingerprint density at radius 2 is 1.62 bits per heavy atom. The van der Waals surface area contributed by atoms with Gasteiger partial charge in [0.2, 0.25) is 0 Å². The fourth-order valence-electron chi connectivity index (χ4n) is 3.58. The number of aliphatic hydroxyl groups excluding tert-OH is 1. The molecule has 180 valence electrons. The quantitative estimate of drug-likeness (QED) is 0.339. The lowest BCUT2D eigenvalue weighted by molar-refractivity contribution is 0.0696. The molecule has 0 aliphatic carbocycles. The number of carbonyl (C=O) groups excluding carboxylic acids is 1. The van der Waals surface area contributed by atoms with Gasteiger partial charge in [-0.15, -0.1) is 0 Å². The highest BCUT2D eigenvalue weighted by atomic mass is 16.5. The summed E-state index contributed by atoms with van der Waals surface area (Å²) < 4.78 is 5.95. The third-order valence-corrected chi connectivity index (χ3v) is 5.23. The van der Waals surface area contributed by atoms with Gasteiger partial charge in [0.1, 0.15) is 24.2 Å². The summed E-state index contributed by atoms with van der Waals surface area (Å²) in [6, 6.07) is 16.7. The van der Waals surface area contributed by atoms with Crippen molar-refractivity contribution >= 4 is 11.8 Å². The Hall–Kier alpha value is -3.64. The summed E-state index contributed by atoms with van der Waals surface area (Å²) in [6.07, 6.45) is 0.368. The number of ether oxygens (including phenoxy) is 1. The molecule has 0 aromatic heterocycles. The fraction of sp³-hybridized carbons (Fsp3) is 0.286. The molecule has 1 unspecified atom stereocenters. The molecule has 3 aromatic carbocycles. The monoisotopic (exact) mass is 464 g/mol. The van der Waals surface area contributed by atoms with E-state index in [9.17, 15) is 24.9 Å². The van der Waals surface area contributed by atoms with Gasteiger partial charge in [-0.25, -0.2) is 4.79 Å². The topological polar surface area (TPSA) is 104 Å². The lowest BCUT2D eigenvalue weighted by atomic mass is 9.98. The van der Waals surface area contributed by atoms with Crippen LogP contribution in [0.4, 0.5) is 0 Å². The largest absolute Gasteiger partial charge is 0.507 e. The first-order valence-electron chi connectivity index (χ1n) is 11.4. The van der Waals surface area contributed by atoms with Crippen LogP contribution in [0.2, 0.25) is 0 Å². The van der Waals surface area contributed by atoms with Crippen LogP contribution >= 0.6 is 0 Å². The molecular formula is C28H32O6. The van der Waals surface area contributed by atoms with Crippen LogP contribution in [0.1, 0.15) is 83.2 Å². The summed E-state index contributed by atoms with van der Waals surface area (Å²) in [7, 11) is 0. The number of hydrogen-bond acceptors (Lipinski definition) is 5. The van der Waals surface area contributed by atoms with Crippen molar-refractivity contribution in [2.75, 3.05) is 0 Å². The van der Waals surface area contributed by atoms with E-state index in [0.29, 0.717) is 28.9 Å². The van der Waals surface area contributed by atoms with Crippen molar-refractivity contribution in [1.29, 1.82) is 0 Å². The second-order valence-electron chi connectivity index (χ2n) is 7.61. The van der Waals surface area contributed by atoms with Crippen LogP contribution in [-0.2, 0) is 13.0 Å². The van der Waals surface area contributed by atoms with Gasteiger partial charge in [-0.1, -0.05) is 57.5 Å². The predicted octanol–water partition coefficient (Wildman–Crippen LogP) is 5.93. The Morgan fingerprint density at radius 3 is 2.24 bits per heavy atom. The fourth-order valence-corrected chi connectivity index (χ4v) is 3.58. The van der Waals surface area contributed by atoms with E-state index >= 15 is 0 Å². The van der Waals surface area contributed by atoms with Gasteiger partial charge in [-0.3, -0.25) is 4.79 Å². The molecule has 6 heteroatoms. The summed E-state index contributed by atoms with van der Waals surface area (Å²) in [5, 5.41) is 30.4. The molecule has 3 aromatic rings. The van der Waals surface area contributed by atoms with Crippen LogP contribution in [0.3, 0.4) is 0 Å². The highest BCUT2D eigenvalue weighted by molar-refractivity contribution is 5.97. The number of benzene rings is 3. The summed E-state index contributed by atoms with van der Waals surface area (Å²) in [5.74, 6) is -0.794. The third-order valence-electron chi connectivity index (χ3n) is 5.23. The first kappa shape index (κ1) is 26.6. The van der Waals surface area contributed by atoms with Crippen molar-refractivity contribution in [3.63, 3.8) is 0 Å². The first-order valence-corrected chi connectivity index (χ1v) is 11.4. The number of ketones is 1. The molecular weight excluding hydrogens is 432 g/mol. The number of phenolic OH excluding ortho intramolecular Hbond substituents is 1. The predicted molar refractivity (Wildman–Crippen MR) is 132 cm³/mol. The number of aliphatic hydroxyl groups is 1. The Labute approximate surface area is 200 Å². The van der Waals surface area contributed by atoms with Gasteiger partial charge in [0.15, 0.2) is 5.78 Å². The number of rotatable bonds is 9. The van der Waals surface area contributed by atoms with E-state index < -0.39 is 12.1 Å². The zero-order valence-corrected chi connectivity index (χ0v) is 20.0. The molecule has 0 aliphatic rings. The minimum atomic E-state index is -1.05. The van der Waals surface area contributed by atoms with Crippen LogP contribution < -0.4 is 4.74 Å². The second kappa shape index (κ2) is 12.6. The molecule has 0 radical (unpaired) electrons. The maximum absolute atomic E-state index is 11.7. The van der Waals surface area contributed by atoms with Crippen LogP contribution in [0.15, 0.2) is 60.7 Å². The molecule has 0 bridgehead atoms. The van der Waals surface area contributed by atoms with Crippen molar-refractivity contribution in [3.05, 3.63) is 94.0 Å². The molecule has 6 nitrogen and oxygen atoms in total. The average Bonchev–Trinajstić information content (AvgIpc) is 2.85. The molecule has 0 spiro atoms. The molecule has 0 saturated carbocycles. The standard InChI is InChI=1S/C26H26O6.C2H6/c1-3-6-22-23(12-11-21(16(2)27)25(22)29)32-15-17-7-4-8-18(13-17)24(28)19-9-5-10-20(14-19)26(30)31;1-2/h4-5,7-14,24,28-29H,3,6,15H2,1-2H3,(H,30,31);1-2H3. The molecule has 34 heavy (non-hydrogen) atoms. The van der Waals surface area contributed by atoms with Crippen LogP contribution in [0, 0.1) is 0 Å². The number of phenols is 1. The number of aromatic carboxylic acids is 1. The van der Waals surface area contributed by atoms with E-state index in [2.05, 4.69) is 0 Å². The molecule has 3 rings (SSSR count). The Balaban J connectivity index is 0.00000199. The SMILES string of the molecule is CC.CCCc1c(OCc2cccc(C(O)c3cccc(C(=O)O)c3)c2)ccc(C(C)=O)c1O. The van der Waals surface area contributed by atoms with E-state index in [4.69, 9.17) is 4.74 Å². The second-order valence-corrected chi connectivity index (χ2v) is 7.61. The average molecular weight is 465 g/mol. The number of aromatic hydroxyl groups is 1. The van der Waals surface area contributed by atoms with Gasteiger partial charge < -0.3 is 20.1 Å². The van der Waals surface area contributed by atoms with Gasteiger partial charge in [0.05, 0.1) is 11.1 Å². The van der Waals surface area contributed by atoms with Gasteiger partial charge >= 0.3 is 5.97 Å². The highest BCUT2D eigenvalue weighted by Gasteiger charge is 2.17. The minimum absolute atomic E-state index is 0.0423. The van der Waals surface area contributed by atoms with E-state index in [1.165, 1.54) is 19.1 Å². The van der Waals surface area contributed by atoms with Gasteiger partial charge in [-0.2, -0.15) is 0 Å². The van der Waals surface area contributed by atoms with Crippen LogP contribution in [-0.4, -0.2) is 27.1 Å². The molecule has 0 saturated heterocycles. The molecule has 0 aliphatic heterocycles. The lowest BCUT2D eigenvalue weighted by Crippen LogP contribution is -2.05. The Morgan fingerprint density at radius 1 is 0.971 bits per heavy atom. The molecule has 3 N–H and O–H groups in total. The number of carboxylic acids is 1. The zero-order chi connectivity index (χ0) is 25.3. The maximum atomic E-state index is 11.7. The molecule has 0 fully saturated rings. The van der Waals surface area contributed by atoms with Crippen LogP contribution in [0.5, 0.6) is 11.5 Å². The zero-order valence-electron chi connectivity index (χ0n) is 20.0. The number of carbonyl (C=O) groups is 2. The Bertz CT molecular complexity index is 1140. The first-order chi connectivity index (χ1) is 16.3. The Kier molecular flexibility index (Phi) is 9.83. The molecule has 0 heterocycles. The summed E-state index contributed by atoms with van der Waals surface area (Å²) in [5.41, 5.74) is 2.87. The molecule has 1 atom stereocenters. The smallest absolute Gasteiger partial charge is 0.335 e. The lowest BCUT2D eigenvalue weighted by Gasteiger charge is -2.16. The number of hydrogen-bond donors (Lipinski definition) is 3. The van der Waals surface area contributed by atoms with Crippen molar-refractivity contribution in [2.24, 2.45) is 0 Å². The minimum Gasteiger partial charge on any atom is -0.507 e. The van der Waals surface area contributed by atoms with Crippen LogP contribution in [0.25, 0.3) is 0 Å². The van der Waals surface area contributed by atoms with Crippen molar-refractivity contribution in [2.45, 2.75) is 53.2 Å². The number of carboxylic acid groups (broad SMARTS) is 1. The van der Waals surface area contributed by atoms with E-state index in [-0.39, 0.29) is 29.3 Å². The maximum Gasteiger partial charge on any atom is 0.335 e. The van der Waals surface area contributed by atoms with Gasteiger partial charge in [0.25, 0.3) is 0 Å². The summed E-state index contributed by atoms with van der Waals surface area (Å²) in [6.45, 7) is 7.59. The van der Waals surface area contributed by atoms with Crippen molar-refractivity contribution < 1.29 is 29.6 Å². The van der Waals surface area contributed by atoms with E-state index in [1.807, 2.05) is 26.8 Å². The van der Waals surface area contributed by atoms with Crippen molar-refractivity contribution in [3.8, 4) is 11.5 Å². The number of Topliss-reactive ketones (excluding diaryl/α,β-unsaturated/α-hetero) is 1. The van der Waals surface area contributed by atoms with Gasteiger partial charge in [-0.05, 0) is 60.4 Å². The summed E-state index contributed by atoms with van der Waals surface area (Å²) >= 11 is 0. The third kappa shape index (κ3) is 6.45.